The van der Waals surface area contributed by atoms with Gasteiger partial charge in [-0.3, -0.25) is 9.59 Å². The van der Waals surface area contributed by atoms with Crippen LogP contribution in [0, 0.1) is 5.92 Å². The van der Waals surface area contributed by atoms with Crippen molar-refractivity contribution in [3.05, 3.63) is 71.8 Å². The van der Waals surface area contributed by atoms with Crippen LogP contribution in [0.5, 0.6) is 0 Å². The van der Waals surface area contributed by atoms with Gasteiger partial charge in [0.1, 0.15) is 5.92 Å². The number of carbonyl (C=O) groups is 2. The molecule has 0 radical (unpaired) electrons. The number of ether oxygens (including phenoxy) is 1. The summed E-state index contributed by atoms with van der Waals surface area (Å²) in [5, 5.41) is 0. The van der Waals surface area contributed by atoms with Gasteiger partial charge in [0.2, 0.25) is 5.91 Å². The van der Waals surface area contributed by atoms with E-state index >= 15 is 0 Å². The topological polar surface area (TPSA) is 46.6 Å². The van der Waals surface area contributed by atoms with Gasteiger partial charge < -0.3 is 9.64 Å². The summed E-state index contributed by atoms with van der Waals surface area (Å²) in [5.41, 5.74) is 1.56. The maximum Gasteiger partial charge on any atom is 0.236 e. The molecule has 1 unspecified atom stereocenters. The Morgan fingerprint density at radius 1 is 1.00 bits per heavy atom. The fourth-order valence-electron chi connectivity index (χ4n) is 3.48. The second kappa shape index (κ2) is 5.63. The first kappa shape index (κ1) is 14.2. The Morgan fingerprint density at radius 3 is 2.35 bits per heavy atom. The summed E-state index contributed by atoms with van der Waals surface area (Å²) < 4.78 is 5.80. The van der Waals surface area contributed by atoms with E-state index in [0.29, 0.717) is 18.6 Å². The fourth-order valence-corrected chi connectivity index (χ4v) is 3.48. The van der Waals surface area contributed by atoms with Gasteiger partial charge in [-0.05, 0) is 6.42 Å². The van der Waals surface area contributed by atoms with Crippen molar-refractivity contribution in [3.8, 4) is 0 Å². The first-order valence-corrected chi connectivity index (χ1v) is 7.83. The van der Waals surface area contributed by atoms with Crippen molar-refractivity contribution in [1.29, 1.82) is 0 Å². The van der Waals surface area contributed by atoms with Crippen molar-refractivity contribution >= 4 is 11.7 Å². The lowest BCUT2D eigenvalue weighted by molar-refractivity contribution is -0.136. The number of hydrogen-bond acceptors (Lipinski definition) is 3. The molecule has 0 aromatic heterocycles. The second-order valence-corrected chi connectivity index (χ2v) is 6.01. The zero-order valence-corrected chi connectivity index (χ0v) is 12.6. The Bertz CT molecular complexity index is 729. The van der Waals surface area contributed by atoms with Gasteiger partial charge in [0.05, 0.1) is 12.6 Å². The van der Waals surface area contributed by atoms with Crippen molar-refractivity contribution in [2.24, 2.45) is 5.92 Å². The summed E-state index contributed by atoms with van der Waals surface area (Å²) in [7, 11) is 0. The molecule has 4 heteroatoms. The predicted octanol–water partition coefficient (Wildman–Crippen LogP) is 2.82. The zero-order valence-electron chi connectivity index (χ0n) is 12.6. The van der Waals surface area contributed by atoms with E-state index in [9.17, 15) is 9.59 Å². The van der Waals surface area contributed by atoms with Crippen LogP contribution in [0.1, 0.15) is 28.6 Å². The smallest absolute Gasteiger partial charge is 0.236 e. The highest BCUT2D eigenvalue weighted by Crippen LogP contribution is 2.40. The largest absolute Gasteiger partial charge is 0.352 e. The number of benzene rings is 2. The molecular formula is C19H17NO3. The maximum atomic E-state index is 12.8. The van der Waals surface area contributed by atoms with Crippen LogP contribution >= 0.6 is 0 Å². The lowest BCUT2D eigenvalue weighted by Gasteiger charge is -2.23. The molecule has 2 aromatic carbocycles. The lowest BCUT2D eigenvalue weighted by atomic mass is 9.95. The Kier molecular flexibility index (Phi) is 3.46. The second-order valence-electron chi connectivity index (χ2n) is 6.01. The molecule has 23 heavy (non-hydrogen) atoms. The number of hydrogen-bond donors (Lipinski definition) is 0. The summed E-state index contributed by atoms with van der Waals surface area (Å²) >= 11 is 0. The van der Waals surface area contributed by atoms with Crippen molar-refractivity contribution in [2.45, 2.75) is 18.7 Å². The van der Waals surface area contributed by atoms with Crippen LogP contribution in [0.25, 0.3) is 0 Å². The molecule has 116 valence electrons. The number of Topliss-reactive ketones (excluding diaryl/α,β-unsaturated/α-hetero) is 1. The molecule has 0 aliphatic carbocycles. The first-order valence-electron chi connectivity index (χ1n) is 7.83. The molecule has 0 spiro atoms. The Balaban J connectivity index is 1.59. The van der Waals surface area contributed by atoms with E-state index in [4.69, 9.17) is 4.74 Å². The van der Waals surface area contributed by atoms with Crippen molar-refractivity contribution in [1.82, 2.24) is 4.90 Å². The quantitative estimate of drug-likeness (QED) is 0.647. The molecule has 2 aliphatic rings. The highest BCUT2D eigenvalue weighted by atomic mass is 16.5. The minimum absolute atomic E-state index is 0.00892. The minimum Gasteiger partial charge on any atom is -0.352 e. The van der Waals surface area contributed by atoms with Crippen LogP contribution in [0.2, 0.25) is 0 Å². The predicted molar refractivity (Wildman–Crippen MR) is 84.6 cm³/mol. The molecule has 0 saturated carbocycles. The van der Waals surface area contributed by atoms with Gasteiger partial charge in [0.25, 0.3) is 0 Å². The minimum atomic E-state index is -0.586. The monoisotopic (exact) mass is 307 g/mol. The first-order chi connectivity index (χ1) is 11.3. The van der Waals surface area contributed by atoms with E-state index < -0.39 is 5.92 Å². The standard InChI is InChI=1S/C19H17NO3/c21-17(13-7-3-1-4-8-13)16-11-15-12-23-19(20(15)18(16)22)14-9-5-2-6-10-14/h1-10,15-16,19H,11-12H2/t15-,16?,19+/m0/s1. The summed E-state index contributed by atoms with van der Waals surface area (Å²) in [6, 6.07) is 18.7. The normalized spacial score (nSPS) is 26.3. The summed E-state index contributed by atoms with van der Waals surface area (Å²) in [4.78, 5) is 27.2. The summed E-state index contributed by atoms with van der Waals surface area (Å²) in [6.45, 7) is 0.490. The van der Waals surface area contributed by atoms with Gasteiger partial charge in [0.15, 0.2) is 12.0 Å². The lowest BCUT2D eigenvalue weighted by Crippen LogP contribution is -2.33. The van der Waals surface area contributed by atoms with Crippen LogP contribution in [-0.4, -0.2) is 29.2 Å². The SMILES string of the molecule is O=C(c1ccccc1)C1C[C@H]2CO[C@H](c3ccccc3)N2C1=O. The number of fused-ring (bicyclic) bond motifs is 1. The van der Waals surface area contributed by atoms with Gasteiger partial charge in [-0.15, -0.1) is 0 Å². The molecular weight excluding hydrogens is 290 g/mol. The van der Waals surface area contributed by atoms with Crippen LogP contribution in [0.3, 0.4) is 0 Å². The molecule has 2 aromatic rings. The van der Waals surface area contributed by atoms with E-state index in [1.807, 2.05) is 48.5 Å². The molecule has 0 N–H and O–H groups in total. The van der Waals surface area contributed by atoms with Gasteiger partial charge in [-0.25, -0.2) is 0 Å². The average Bonchev–Trinajstić information content (AvgIpc) is 3.16. The van der Waals surface area contributed by atoms with Crippen LogP contribution in [0.15, 0.2) is 60.7 Å². The summed E-state index contributed by atoms with van der Waals surface area (Å²) in [5.74, 6) is -0.787. The Morgan fingerprint density at radius 2 is 1.65 bits per heavy atom. The molecule has 4 rings (SSSR count). The van der Waals surface area contributed by atoms with Gasteiger partial charge in [-0.2, -0.15) is 0 Å². The number of nitrogens with zero attached hydrogens (tertiary/aromatic N) is 1. The highest BCUT2D eigenvalue weighted by molar-refractivity contribution is 6.11. The fraction of sp³-hybridized carbons (Fsp3) is 0.263. The van der Waals surface area contributed by atoms with Crippen molar-refractivity contribution in [3.63, 3.8) is 0 Å². The molecule has 1 amide bonds. The van der Waals surface area contributed by atoms with E-state index in [1.54, 1.807) is 17.0 Å². The molecule has 4 nitrogen and oxygen atoms in total. The third-order valence-corrected chi connectivity index (χ3v) is 4.61. The number of carbonyl (C=O) groups excluding carboxylic acids is 2. The van der Waals surface area contributed by atoms with Gasteiger partial charge in [-0.1, -0.05) is 60.7 Å². The molecule has 2 aliphatic heterocycles. The molecule has 2 fully saturated rings. The third kappa shape index (κ3) is 2.35. The molecule has 2 saturated heterocycles. The van der Waals surface area contributed by atoms with E-state index in [1.165, 1.54) is 0 Å². The van der Waals surface area contributed by atoms with Crippen molar-refractivity contribution in [2.75, 3.05) is 6.61 Å². The third-order valence-electron chi connectivity index (χ3n) is 4.61. The number of amides is 1. The Hall–Kier alpha value is -2.46. The average molecular weight is 307 g/mol. The van der Waals surface area contributed by atoms with Crippen LogP contribution < -0.4 is 0 Å². The molecule has 0 bridgehead atoms. The van der Waals surface area contributed by atoms with Crippen molar-refractivity contribution < 1.29 is 14.3 Å². The molecule has 2 heterocycles. The van der Waals surface area contributed by atoms with Crippen LogP contribution in [0.4, 0.5) is 0 Å². The maximum absolute atomic E-state index is 12.8. The van der Waals surface area contributed by atoms with E-state index in [0.717, 1.165) is 5.56 Å². The molecule has 3 atom stereocenters. The van der Waals surface area contributed by atoms with Gasteiger partial charge >= 0.3 is 0 Å². The number of rotatable bonds is 3. The summed E-state index contributed by atoms with van der Waals surface area (Å²) in [6.07, 6.45) is 0.165. The highest BCUT2D eigenvalue weighted by Gasteiger charge is 2.50. The van der Waals surface area contributed by atoms with Crippen LogP contribution in [-0.2, 0) is 9.53 Å². The Labute approximate surface area is 134 Å². The number of ketones is 1. The van der Waals surface area contributed by atoms with E-state index in [2.05, 4.69) is 0 Å². The van der Waals surface area contributed by atoms with E-state index in [-0.39, 0.29) is 24.0 Å². The zero-order chi connectivity index (χ0) is 15.8. The van der Waals surface area contributed by atoms with Gasteiger partial charge in [0, 0.05) is 11.1 Å².